The number of ether oxygens (including phenoxy) is 2. The van der Waals surface area contributed by atoms with E-state index in [1.807, 2.05) is 24.3 Å². The first-order valence-corrected chi connectivity index (χ1v) is 8.14. The van der Waals surface area contributed by atoms with Gasteiger partial charge in [-0.25, -0.2) is 4.79 Å². The van der Waals surface area contributed by atoms with Crippen molar-refractivity contribution in [3.05, 3.63) is 48.3 Å². The Balaban J connectivity index is 1.46. The van der Waals surface area contributed by atoms with Gasteiger partial charge in [0.15, 0.2) is 6.61 Å². The summed E-state index contributed by atoms with van der Waals surface area (Å²) < 4.78 is 10.2. The van der Waals surface area contributed by atoms with E-state index in [1.165, 1.54) is 0 Å². The lowest BCUT2D eigenvalue weighted by atomic mass is 10.2. The molecule has 1 amide bonds. The van der Waals surface area contributed by atoms with E-state index in [2.05, 4.69) is 9.88 Å². The number of nitrogens with one attached hydrogen (secondary N) is 1. The van der Waals surface area contributed by atoms with Gasteiger partial charge in [0.1, 0.15) is 11.4 Å². The van der Waals surface area contributed by atoms with Gasteiger partial charge in [-0.15, -0.1) is 0 Å². The van der Waals surface area contributed by atoms with Crippen molar-refractivity contribution in [1.82, 2.24) is 9.88 Å². The second kappa shape index (κ2) is 7.74. The standard InChI is InChI=1S/C18H21N3O4/c1-24-15-6-4-14(5-7-15)20-9-11-21(12-10-20)17(22)13-25-18(23)16-3-2-8-19-16/h2-8,19H,9-13H2,1H3. The van der Waals surface area contributed by atoms with Crippen LogP contribution in [0.5, 0.6) is 5.75 Å². The lowest BCUT2D eigenvalue weighted by Gasteiger charge is -2.36. The van der Waals surface area contributed by atoms with Crippen LogP contribution in [0.2, 0.25) is 0 Å². The summed E-state index contributed by atoms with van der Waals surface area (Å²) in [5.41, 5.74) is 1.45. The van der Waals surface area contributed by atoms with Crippen LogP contribution in [0.1, 0.15) is 10.5 Å². The summed E-state index contributed by atoms with van der Waals surface area (Å²) >= 11 is 0. The Morgan fingerprint density at radius 1 is 1.08 bits per heavy atom. The fourth-order valence-electron chi connectivity index (χ4n) is 2.76. The maximum Gasteiger partial charge on any atom is 0.355 e. The molecule has 0 spiro atoms. The van der Waals surface area contributed by atoms with Crippen molar-refractivity contribution in [2.75, 3.05) is 44.8 Å². The fourth-order valence-corrected chi connectivity index (χ4v) is 2.76. The zero-order chi connectivity index (χ0) is 17.6. The van der Waals surface area contributed by atoms with Crippen molar-refractivity contribution in [3.63, 3.8) is 0 Å². The summed E-state index contributed by atoms with van der Waals surface area (Å²) in [4.78, 5) is 30.6. The van der Waals surface area contributed by atoms with Crippen LogP contribution in [0.25, 0.3) is 0 Å². The van der Waals surface area contributed by atoms with E-state index in [0.29, 0.717) is 18.8 Å². The van der Waals surface area contributed by atoms with Gasteiger partial charge in [-0.05, 0) is 36.4 Å². The van der Waals surface area contributed by atoms with Crippen molar-refractivity contribution >= 4 is 17.6 Å². The van der Waals surface area contributed by atoms with Crippen molar-refractivity contribution < 1.29 is 19.1 Å². The molecule has 0 atom stereocenters. The van der Waals surface area contributed by atoms with Crippen LogP contribution >= 0.6 is 0 Å². The summed E-state index contributed by atoms with van der Waals surface area (Å²) in [6.07, 6.45) is 1.64. The van der Waals surface area contributed by atoms with Gasteiger partial charge in [0.2, 0.25) is 0 Å². The highest BCUT2D eigenvalue weighted by Crippen LogP contribution is 2.20. The zero-order valence-electron chi connectivity index (χ0n) is 14.1. The Morgan fingerprint density at radius 2 is 1.80 bits per heavy atom. The van der Waals surface area contributed by atoms with Gasteiger partial charge >= 0.3 is 5.97 Å². The maximum absolute atomic E-state index is 12.2. The molecule has 1 aliphatic heterocycles. The van der Waals surface area contributed by atoms with E-state index in [-0.39, 0.29) is 12.5 Å². The molecular formula is C18H21N3O4. The molecule has 1 aliphatic rings. The van der Waals surface area contributed by atoms with Crippen LogP contribution < -0.4 is 9.64 Å². The van der Waals surface area contributed by atoms with Crippen molar-refractivity contribution in [3.8, 4) is 5.75 Å². The van der Waals surface area contributed by atoms with Gasteiger partial charge in [-0.1, -0.05) is 0 Å². The average Bonchev–Trinajstić information content (AvgIpc) is 3.21. The lowest BCUT2D eigenvalue weighted by Crippen LogP contribution is -2.49. The van der Waals surface area contributed by atoms with Crippen LogP contribution in [0, 0.1) is 0 Å². The largest absolute Gasteiger partial charge is 0.497 e. The van der Waals surface area contributed by atoms with Crippen molar-refractivity contribution in [2.24, 2.45) is 0 Å². The molecule has 1 fully saturated rings. The van der Waals surface area contributed by atoms with E-state index >= 15 is 0 Å². The number of aromatic nitrogens is 1. The number of carbonyl (C=O) groups is 2. The van der Waals surface area contributed by atoms with Crippen LogP contribution in [0.3, 0.4) is 0 Å². The number of carbonyl (C=O) groups excluding carboxylic acids is 2. The molecule has 132 valence electrons. The number of hydrogen-bond acceptors (Lipinski definition) is 5. The number of hydrogen-bond donors (Lipinski definition) is 1. The highest BCUT2D eigenvalue weighted by molar-refractivity contribution is 5.89. The molecule has 7 heteroatoms. The second-order valence-corrected chi connectivity index (χ2v) is 5.73. The number of H-pyrrole nitrogens is 1. The van der Waals surface area contributed by atoms with Crippen molar-refractivity contribution in [2.45, 2.75) is 0 Å². The molecule has 7 nitrogen and oxygen atoms in total. The monoisotopic (exact) mass is 343 g/mol. The predicted molar refractivity (Wildman–Crippen MR) is 92.9 cm³/mol. The van der Waals surface area contributed by atoms with Gasteiger partial charge in [-0.3, -0.25) is 4.79 Å². The number of amides is 1. The normalized spacial score (nSPS) is 14.3. The first-order valence-electron chi connectivity index (χ1n) is 8.14. The zero-order valence-corrected chi connectivity index (χ0v) is 14.1. The Kier molecular flexibility index (Phi) is 5.23. The van der Waals surface area contributed by atoms with Crippen LogP contribution in [-0.4, -0.2) is 61.7 Å². The van der Waals surface area contributed by atoms with Gasteiger partial charge < -0.3 is 24.3 Å². The molecule has 1 aromatic carbocycles. The Hall–Kier alpha value is -2.96. The maximum atomic E-state index is 12.2. The third-order valence-electron chi connectivity index (χ3n) is 4.21. The minimum atomic E-state index is -0.518. The number of rotatable bonds is 5. The molecular weight excluding hydrogens is 322 g/mol. The summed E-state index contributed by atoms with van der Waals surface area (Å²) in [5, 5.41) is 0. The topological polar surface area (TPSA) is 74.9 Å². The van der Waals surface area contributed by atoms with Gasteiger partial charge in [-0.2, -0.15) is 0 Å². The third-order valence-corrected chi connectivity index (χ3v) is 4.21. The number of methoxy groups -OCH3 is 1. The molecule has 0 bridgehead atoms. The number of nitrogens with zero attached hydrogens (tertiary/aromatic N) is 2. The molecule has 3 rings (SSSR count). The molecule has 2 aromatic rings. The first kappa shape index (κ1) is 16.9. The lowest BCUT2D eigenvalue weighted by molar-refractivity contribution is -0.134. The molecule has 0 unspecified atom stereocenters. The molecule has 1 saturated heterocycles. The van der Waals surface area contributed by atoms with Crippen LogP contribution in [0.15, 0.2) is 42.6 Å². The number of esters is 1. The number of piperazine rings is 1. The van der Waals surface area contributed by atoms with Gasteiger partial charge in [0, 0.05) is 38.1 Å². The minimum Gasteiger partial charge on any atom is -0.497 e. The quantitative estimate of drug-likeness (QED) is 0.834. The van der Waals surface area contributed by atoms with Crippen molar-refractivity contribution in [1.29, 1.82) is 0 Å². The van der Waals surface area contributed by atoms with E-state index in [1.54, 1.807) is 30.3 Å². The molecule has 0 aliphatic carbocycles. The molecule has 2 heterocycles. The van der Waals surface area contributed by atoms with E-state index in [4.69, 9.17) is 9.47 Å². The summed E-state index contributed by atoms with van der Waals surface area (Å²) in [7, 11) is 1.64. The Morgan fingerprint density at radius 3 is 2.40 bits per heavy atom. The Labute approximate surface area is 146 Å². The molecule has 0 radical (unpaired) electrons. The van der Waals surface area contributed by atoms with Gasteiger partial charge in [0.05, 0.1) is 7.11 Å². The molecule has 0 saturated carbocycles. The average molecular weight is 343 g/mol. The van der Waals surface area contributed by atoms with Crippen LogP contribution in [-0.2, 0) is 9.53 Å². The highest BCUT2D eigenvalue weighted by atomic mass is 16.5. The van der Waals surface area contributed by atoms with E-state index < -0.39 is 5.97 Å². The molecule has 1 N–H and O–H groups in total. The second-order valence-electron chi connectivity index (χ2n) is 5.73. The number of benzene rings is 1. The SMILES string of the molecule is COc1ccc(N2CCN(C(=O)COC(=O)c3ccc[nH]3)CC2)cc1. The molecule has 1 aromatic heterocycles. The summed E-state index contributed by atoms with van der Waals surface area (Å²) in [6.45, 7) is 2.45. The number of aromatic amines is 1. The number of anilines is 1. The highest BCUT2D eigenvalue weighted by Gasteiger charge is 2.22. The Bertz CT molecular complexity index is 704. The van der Waals surface area contributed by atoms with E-state index in [0.717, 1.165) is 24.5 Å². The van der Waals surface area contributed by atoms with E-state index in [9.17, 15) is 9.59 Å². The molecule has 25 heavy (non-hydrogen) atoms. The first-order chi connectivity index (χ1) is 12.2. The van der Waals surface area contributed by atoms with Gasteiger partial charge in [0.25, 0.3) is 5.91 Å². The summed E-state index contributed by atoms with van der Waals surface area (Å²) in [5.74, 6) is 0.131. The fraction of sp³-hybridized carbons (Fsp3) is 0.333. The third kappa shape index (κ3) is 4.12. The predicted octanol–water partition coefficient (Wildman–Crippen LogP) is 1.53. The smallest absolute Gasteiger partial charge is 0.355 e. The van der Waals surface area contributed by atoms with Crippen LogP contribution in [0.4, 0.5) is 5.69 Å². The summed E-state index contributed by atoms with van der Waals surface area (Å²) in [6, 6.07) is 11.2. The minimum absolute atomic E-state index is 0.172.